The molecule has 0 spiro atoms. The zero-order valence-electron chi connectivity index (χ0n) is 26.3. The molecule has 48 heavy (non-hydrogen) atoms. The van der Waals surface area contributed by atoms with Gasteiger partial charge in [0.15, 0.2) is 0 Å². The van der Waals surface area contributed by atoms with E-state index in [1.54, 1.807) is 0 Å². The number of thiophene rings is 1. The summed E-state index contributed by atoms with van der Waals surface area (Å²) in [4.78, 5) is 2.37. The first kappa shape index (κ1) is 28.3. The Bertz CT molecular complexity index is 2530. The molecule has 8 aromatic carbocycles. The van der Waals surface area contributed by atoms with E-state index >= 15 is 0 Å². The van der Waals surface area contributed by atoms with Crippen LogP contribution < -0.4 is 4.90 Å². The van der Waals surface area contributed by atoms with Gasteiger partial charge < -0.3 is 4.90 Å². The van der Waals surface area contributed by atoms with Gasteiger partial charge in [-0.2, -0.15) is 0 Å². The average molecular weight is 630 g/mol. The normalized spacial score (nSPS) is 11.3. The molecule has 1 heterocycles. The first-order valence-corrected chi connectivity index (χ1v) is 17.2. The van der Waals surface area contributed by atoms with E-state index < -0.39 is 0 Å². The molecule has 0 aliphatic heterocycles. The highest BCUT2D eigenvalue weighted by atomic mass is 32.1. The molecule has 0 saturated carbocycles. The van der Waals surface area contributed by atoms with Crippen LogP contribution in [0.2, 0.25) is 0 Å². The molecule has 9 aromatic rings. The Labute approximate surface area is 284 Å². The minimum absolute atomic E-state index is 1.11. The van der Waals surface area contributed by atoms with Crippen LogP contribution in [0.5, 0.6) is 0 Å². The van der Waals surface area contributed by atoms with Crippen molar-refractivity contribution in [1.82, 2.24) is 0 Å². The number of para-hydroxylation sites is 1. The molecule has 0 saturated heterocycles. The van der Waals surface area contributed by atoms with E-state index in [-0.39, 0.29) is 0 Å². The van der Waals surface area contributed by atoms with Gasteiger partial charge in [-0.25, -0.2) is 0 Å². The molecule has 0 aliphatic carbocycles. The lowest BCUT2D eigenvalue weighted by Gasteiger charge is -2.28. The summed E-state index contributed by atoms with van der Waals surface area (Å²) in [6, 6.07) is 68.1. The fourth-order valence-electron chi connectivity index (χ4n) is 6.93. The SMILES string of the molecule is c1ccc(-c2ccc(N(c3ccccc3)c3ccc(-c4ccc5c(ccc6sc7ccccc7c65)c4)cc3)c(-c3ccccc3)c2)cc1. The Kier molecular flexibility index (Phi) is 7.07. The van der Waals surface area contributed by atoms with Crippen LogP contribution in [-0.2, 0) is 0 Å². The van der Waals surface area contributed by atoms with Crippen molar-refractivity contribution >= 4 is 59.3 Å². The Morgan fingerprint density at radius 1 is 0.354 bits per heavy atom. The highest BCUT2D eigenvalue weighted by molar-refractivity contribution is 7.26. The lowest BCUT2D eigenvalue weighted by molar-refractivity contribution is 1.28. The standard InChI is InChI=1S/C46H31NS/c1-4-12-32(13-5-1)36-23-28-43(42(31-36)34-14-6-2-7-15-34)47(38-16-8-3-9-17-38)39-25-20-33(21-26-39)35-22-27-40-37(30-35)24-29-45-46(40)41-18-10-11-19-44(41)48-45/h1-31H. The van der Waals surface area contributed by atoms with Gasteiger partial charge in [0, 0.05) is 37.1 Å². The van der Waals surface area contributed by atoms with E-state index in [4.69, 9.17) is 0 Å². The third kappa shape index (κ3) is 5.04. The van der Waals surface area contributed by atoms with E-state index in [0.717, 1.165) is 17.1 Å². The van der Waals surface area contributed by atoms with E-state index in [1.807, 2.05) is 11.3 Å². The quantitative estimate of drug-likeness (QED) is 0.177. The highest BCUT2D eigenvalue weighted by Crippen LogP contribution is 2.43. The zero-order valence-corrected chi connectivity index (χ0v) is 27.1. The van der Waals surface area contributed by atoms with Crippen molar-refractivity contribution in [3.8, 4) is 33.4 Å². The van der Waals surface area contributed by atoms with Crippen LogP contribution in [0.1, 0.15) is 0 Å². The van der Waals surface area contributed by atoms with E-state index in [9.17, 15) is 0 Å². The van der Waals surface area contributed by atoms with Crippen LogP contribution in [0.3, 0.4) is 0 Å². The lowest BCUT2D eigenvalue weighted by atomic mass is 9.96. The van der Waals surface area contributed by atoms with Gasteiger partial charge in [-0.3, -0.25) is 0 Å². The predicted octanol–water partition coefficient (Wildman–Crippen LogP) is 13.7. The van der Waals surface area contributed by atoms with Gasteiger partial charge in [0.25, 0.3) is 0 Å². The topological polar surface area (TPSA) is 3.24 Å². The monoisotopic (exact) mass is 629 g/mol. The molecule has 0 radical (unpaired) electrons. The summed E-state index contributed by atoms with van der Waals surface area (Å²) in [7, 11) is 0. The molecule has 0 unspecified atom stereocenters. The van der Waals surface area contributed by atoms with Crippen LogP contribution in [0.15, 0.2) is 188 Å². The fraction of sp³-hybridized carbons (Fsp3) is 0. The number of rotatable bonds is 6. The Hall–Kier alpha value is -5.96. The smallest absolute Gasteiger partial charge is 0.0540 e. The second kappa shape index (κ2) is 12.0. The van der Waals surface area contributed by atoms with Crippen molar-refractivity contribution in [2.24, 2.45) is 0 Å². The maximum absolute atomic E-state index is 2.37. The van der Waals surface area contributed by atoms with Crippen LogP contribution in [0.25, 0.3) is 64.3 Å². The molecule has 1 nitrogen and oxygen atoms in total. The van der Waals surface area contributed by atoms with E-state index in [2.05, 4.69) is 193 Å². The third-order valence-corrected chi connectivity index (χ3v) is 10.4. The third-order valence-electron chi connectivity index (χ3n) is 9.26. The van der Waals surface area contributed by atoms with Crippen molar-refractivity contribution in [2.75, 3.05) is 4.90 Å². The number of nitrogens with zero attached hydrogens (tertiary/aromatic N) is 1. The Morgan fingerprint density at radius 2 is 0.938 bits per heavy atom. The van der Waals surface area contributed by atoms with Crippen LogP contribution >= 0.6 is 11.3 Å². The van der Waals surface area contributed by atoms with Gasteiger partial charge in [0.05, 0.1) is 5.69 Å². The summed E-state index contributed by atoms with van der Waals surface area (Å²) in [6.07, 6.45) is 0. The maximum atomic E-state index is 2.37. The maximum Gasteiger partial charge on any atom is 0.0540 e. The molecule has 0 atom stereocenters. The van der Waals surface area contributed by atoms with Gasteiger partial charge in [0.2, 0.25) is 0 Å². The summed E-state index contributed by atoms with van der Waals surface area (Å²) < 4.78 is 2.68. The number of benzene rings is 8. The molecule has 2 heteroatoms. The van der Waals surface area contributed by atoms with Gasteiger partial charge in [-0.1, -0.05) is 133 Å². The second-order valence-electron chi connectivity index (χ2n) is 12.2. The summed E-state index contributed by atoms with van der Waals surface area (Å²) >= 11 is 1.87. The van der Waals surface area contributed by atoms with Crippen molar-refractivity contribution in [3.63, 3.8) is 0 Å². The molecular weight excluding hydrogens is 599 g/mol. The van der Waals surface area contributed by atoms with E-state index in [1.165, 1.54) is 64.3 Å². The van der Waals surface area contributed by atoms with Crippen molar-refractivity contribution in [1.29, 1.82) is 0 Å². The summed E-state index contributed by atoms with van der Waals surface area (Å²) in [6.45, 7) is 0. The Balaban J connectivity index is 1.15. The number of fused-ring (bicyclic) bond motifs is 5. The first-order chi connectivity index (χ1) is 23.8. The summed E-state index contributed by atoms with van der Waals surface area (Å²) in [5, 5.41) is 5.28. The highest BCUT2D eigenvalue weighted by Gasteiger charge is 2.18. The summed E-state index contributed by atoms with van der Waals surface area (Å²) in [5.74, 6) is 0. The fourth-order valence-corrected chi connectivity index (χ4v) is 8.05. The second-order valence-corrected chi connectivity index (χ2v) is 13.2. The molecule has 0 amide bonds. The first-order valence-electron chi connectivity index (χ1n) is 16.3. The van der Waals surface area contributed by atoms with Gasteiger partial charge >= 0.3 is 0 Å². The van der Waals surface area contributed by atoms with Crippen LogP contribution in [0, 0.1) is 0 Å². The van der Waals surface area contributed by atoms with Crippen molar-refractivity contribution in [2.45, 2.75) is 0 Å². The van der Waals surface area contributed by atoms with Gasteiger partial charge in [-0.15, -0.1) is 11.3 Å². The van der Waals surface area contributed by atoms with Crippen LogP contribution in [0.4, 0.5) is 17.1 Å². The number of hydrogen-bond acceptors (Lipinski definition) is 2. The molecule has 226 valence electrons. The van der Waals surface area contributed by atoms with Gasteiger partial charge in [0.1, 0.15) is 0 Å². The van der Waals surface area contributed by atoms with Crippen molar-refractivity contribution < 1.29 is 0 Å². The van der Waals surface area contributed by atoms with Crippen LogP contribution in [-0.4, -0.2) is 0 Å². The molecule has 1 aromatic heterocycles. The predicted molar refractivity (Wildman–Crippen MR) is 208 cm³/mol. The molecule has 0 fully saturated rings. The zero-order chi connectivity index (χ0) is 31.9. The van der Waals surface area contributed by atoms with Gasteiger partial charge in [-0.05, 0) is 93.2 Å². The average Bonchev–Trinajstić information content (AvgIpc) is 3.56. The largest absolute Gasteiger partial charge is 0.310 e. The van der Waals surface area contributed by atoms with Crippen molar-refractivity contribution in [3.05, 3.63) is 188 Å². The minimum atomic E-state index is 1.11. The number of anilines is 3. The summed E-state index contributed by atoms with van der Waals surface area (Å²) in [5.41, 5.74) is 10.6. The Morgan fingerprint density at radius 3 is 1.71 bits per heavy atom. The molecular formula is C46H31NS. The molecule has 0 bridgehead atoms. The molecule has 0 N–H and O–H groups in total. The lowest BCUT2D eigenvalue weighted by Crippen LogP contribution is -2.11. The minimum Gasteiger partial charge on any atom is -0.310 e. The number of hydrogen-bond donors (Lipinski definition) is 0. The molecule has 9 rings (SSSR count). The molecule has 0 aliphatic rings. The van der Waals surface area contributed by atoms with E-state index in [0.29, 0.717) is 0 Å².